The highest BCUT2D eigenvalue weighted by molar-refractivity contribution is 6.32. The van der Waals surface area contributed by atoms with E-state index in [2.05, 4.69) is 15.3 Å². The van der Waals surface area contributed by atoms with E-state index in [1.807, 2.05) is 18.2 Å². The van der Waals surface area contributed by atoms with Crippen LogP contribution in [-0.2, 0) is 11.2 Å². The maximum atomic E-state index is 12.6. The van der Waals surface area contributed by atoms with Crippen LogP contribution in [0.4, 0.5) is 0 Å². The molecule has 1 aromatic carbocycles. The zero-order valence-electron chi connectivity index (χ0n) is 13.6. The van der Waals surface area contributed by atoms with Gasteiger partial charge in [0.25, 0.3) is 0 Å². The molecular weight excluding hydrogens is 328 g/mol. The third-order valence-electron chi connectivity index (χ3n) is 4.10. The van der Waals surface area contributed by atoms with Gasteiger partial charge in [-0.3, -0.25) is 4.79 Å². The Balaban J connectivity index is 1.48. The SMILES string of the molecule is CN(CCCOc1ccccc1Cl)C(=O)[C@@H]1NCCc2[nH]cnc21. The predicted octanol–water partition coefficient (Wildman–Crippen LogP) is 2.18. The first-order chi connectivity index (χ1) is 11.7. The molecule has 1 aliphatic heterocycles. The Bertz CT molecular complexity index is 703. The number of ether oxygens (including phenoxy) is 1. The average molecular weight is 349 g/mol. The molecule has 0 radical (unpaired) electrons. The Morgan fingerprint density at radius 2 is 2.29 bits per heavy atom. The average Bonchev–Trinajstić information content (AvgIpc) is 3.08. The van der Waals surface area contributed by atoms with E-state index in [9.17, 15) is 4.79 Å². The van der Waals surface area contributed by atoms with Crippen molar-refractivity contribution in [3.8, 4) is 5.75 Å². The van der Waals surface area contributed by atoms with Crippen LogP contribution in [0.1, 0.15) is 23.9 Å². The molecule has 0 fully saturated rings. The van der Waals surface area contributed by atoms with Gasteiger partial charge in [-0.2, -0.15) is 0 Å². The summed E-state index contributed by atoms with van der Waals surface area (Å²) in [6.45, 7) is 1.89. The molecule has 6 nitrogen and oxygen atoms in total. The molecule has 0 bridgehead atoms. The number of aromatic nitrogens is 2. The molecule has 7 heteroatoms. The third kappa shape index (κ3) is 3.71. The van der Waals surface area contributed by atoms with Crippen molar-refractivity contribution in [3.05, 3.63) is 47.0 Å². The van der Waals surface area contributed by atoms with Crippen LogP contribution in [0.2, 0.25) is 5.02 Å². The minimum atomic E-state index is -0.366. The van der Waals surface area contributed by atoms with Gasteiger partial charge >= 0.3 is 0 Å². The zero-order valence-corrected chi connectivity index (χ0v) is 14.3. The summed E-state index contributed by atoms with van der Waals surface area (Å²) < 4.78 is 5.65. The van der Waals surface area contributed by atoms with Crippen molar-refractivity contribution < 1.29 is 9.53 Å². The van der Waals surface area contributed by atoms with Gasteiger partial charge in [-0.15, -0.1) is 0 Å². The van der Waals surface area contributed by atoms with Gasteiger partial charge in [0.2, 0.25) is 5.91 Å². The monoisotopic (exact) mass is 348 g/mol. The molecule has 1 atom stereocenters. The number of carbonyl (C=O) groups is 1. The smallest absolute Gasteiger partial charge is 0.245 e. The molecule has 2 N–H and O–H groups in total. The number of nitrogens with one attached hydrogen (secondary N) is 2. The number of H-pyrrole nitrogens is 1. The fourth-order valence-corrected chi connectivity index (χ4v) is 2.99. The number of nitrogens with zero attached hydrogens (tertiary/aromatic N) is 2. The van der Waals surface area contributed by atoms with Gasteiger partial charge in [0.05, 0.1) is 23.7 Å². The molecule has 0 spiro atoms. The van der Waals surface area contributed by atoms with Crippen LogP contribution in [0.15, 0.2) is 30.6 Å². The molecule has 0 aliphatic carbocycles. The lowest BCUT2D eigenvalue weighted by molar-refractivity contribution is -0.132. The van der Waals surface area contributed by atoms with Gasteiger partial charge in [-0.1, -0.05) is 23.7 Å². The van der Waals surface area contributed by atoms with Crippen molar-refractivity contribution in [2.24, 2.45) is 0 Å². The first-order valence-electron chi connectivity index (χ1n) is 8.04. The van der Waals surface area contributed by atoms with E-state index < -0.39 is 0 Å². The minimum Gasteiger partial charge on any atom is -0.492 e. The molecule has 0 saturated heterocycles. The number of para-hydroxylation sites is 1. The molecule has 0 saturated carbocycles. The number of rotatable bonds is 6. The maximum Gasteiger partial charge on any atom is 0.245 e. The van der Waals surface area contributed by atoms with Crippen LogP contribution >= 0.6 is 11.6 Å². The fourth-order valence-electron chi connectivity index (χ4n) is 2.80. The molecule has 2 heterocycles. The molecule has 24 heavy (non-hydrogen) atoms. The van der Waals surface area contributed by atoms with Gasteiger partial charge < -0.3 is 19.9 Å². The first-order valence-corrected chi connectivity index (χ1v) is 8.42. The molecule has 3 rings (SSSR count). The van der Waals surface area contributed by atoms with Crippen molar-refractivity contribution in [2.75, 3.05) is 26.7 Å². The fraction of sp³-hybridized carbons (Fsp3) is 0.412. The van der Waals surface area contributed by atoms with E-state index in [0.29, 0.717) is 23.9 Å². The van der Waals surface area contributed by atoms with Gasteiger partial charge in [0.15, 0.2) is 0 Å². The standard InChI is InChI=1S/C17H21ClN4O2/c1-22(9-4-10-24-14-6-3-2-5-12(14)18)17(23)16-15-13(7-8-19-16)20-11-21-15/h2-3,5-6,11,16,19H,4,7-10H2,1H3,(H,20,21)/t16-/m1/s1. The summed E-state index contributed by atoms with van der Waals surface area (Å²) in [7, 11) is 1.81. The van der Waals surface area contributed by atoms with E-state index in [1.54, 1.807) is 24.3 Å². The van der Waals surface area contributed by atoms with Gasteiger partial charge in [-0.25, -0.2) is 4.98 Å². The van der Waals surface area contributed by atoms with E-state index in [4.69, 9.17) is 16.3 Å². The van der Waals surface area contributed by atoms with Gasteiger partial charge in [0, 0.05) is 32.3 Å². The number of halogens is 1. The second kappa shape index (κ2) is 7.68. The Labute approximate surface area is 146 Å². The number of benzene rings is 1. The number of likely N-dealkylation sites (N-methyl/N-ethyl adjacent to an activating group) is 1. The number of aromatic amines is 1. The van der Waals surface area contributed by atoms with E-state index in [1.165, 1.54) is 0 Å². The summed E-state index contributed by atoms with van der Waals surface area (Å²) in [5.74, 6) is 0.698. The number of amides is 1. The zero-order chi connectivity index (χ0) is 16.9. The number of fused-ring (bicyclic) bond motifs is 1. The Morgan fingerprint density at radius 1 is 1.46 bits per heavy atom. The molecule has 2 aromatic rings. The largest absolute Gasteiger partial charge is 0.492 e. The van der Waals surface area contributed by atoms with Crippen LogP contribution in [0.3, 0.4) is 0 Å². The molecule has 1 aliphatic rings. The normalized spacial score (nSPS) is 16.5. The van der Waals surface area contributed by atoms with Crippen molar-refractivity contribution in [2.45, 2.75) is 18.9 Å². The molecular formula is C17H21ClN4O2. The summed E-state index contributed by atoms with van der Waals surface area (Å²) in [6, 6.07) is 7.01. The van der Waals surface area contributed by atoms with Crippen LogP contribution in [0.5, 0.6) is 5.75 Å². The highest BCUT2D eigenvalue weighted by Crippen LogP contribution is 2.23. The summed E-state index contributed by atoms with van der Waals surface area (Å²) in [5.41, 5.74) is 1.85. The number of carbonyl (C=O) groups excluding carboxylic acids is 1. The van der Waals surface area contributed by atoms with E-state index in [-0.39, 0.29) is 11.9 Å². The van der Waals surface area contributed by atoms with Gasteiger partial charge in [0.1, 0.15) is 11.8 Å². The van der Waals surface area contributed by atoms with Crippen molar-refractivity contribution in [3.63, 3.8) is 0 Å². The summed E-state index contributed by atoms with van der Waals surface area (Å²) in [4.78, 5) is 21.7. The number of hydrogen-bond acceptors (Lipinski definition) is 4. The first kappa shape index (κ1) is 16.8. The lowest BCUT2D eigenvalue weighted by Crippen LogP contribution is -2.42. The molecule has 1 amide bonds. The maximum absolute atomic E-state index is 12.6. The topological polar surface area (TPSA) is 70.2 Å². The quantitative estimate of drug-likeness (QED) is 0.785. The van der Waals surface area contributed by atoms with Crippen LogP contribution in [0, 0.1) is 0 Å². The predicted molar refractivity (Wildman–Crippen MR) is 92.2 cm³/mol. The Hall–Kier alpha value is -2.05. The number of imidazole rings is 1. The van der Waals surface area contributed by atoms with Crippen LogP contribution in [-0.4, -0.2) is 47.5 Å². The number of hydrogen-bond donors (Lipinski definition) is 2. The minimum absolute atomic E-state index is 0.0285. The summed E-state index contributed by atoms with van der Waals surface area (Å²) >= 11 is 6.05. The summed E-state index contributed by atoms with van der Waals surface area (Å²) in [5, 5.41) is 3.84. The highest BCUT2D eigenvalue weighted by Gasteiger charge is 2.30. The lowest BCUT2D eigenvalue weighted by atomic mass is 10.0. The molecule has 128 valence electrons. The van der Waals surface area contributed by atoms with Crippen molar-refractivity contribution >= 4 is 17.5 Å². The summed E-state index contributed by atoms with van der Waals surface area (Å²) in [6.07, 6.45) is 3.25. The van der Waals surface area contributed by atoms with Crippen molar-refractivity contribution in [1.29, 1.82) is 0 Å². The van der Waals surface area contributed by atoms with Gasteiger partial charge in [-0.05, 0) is 18.6 Å². The van der Waals surface area contributed by atoms with E-state index in [0.717, 1.165) is 30.8 Å². The Morgan fingerprint density at radius 3 is 3.12 bits per heavy atom. The lowest BCUT2D eigenvalue weighted by Gasteiger charge is -2.27. The van der Waals surface area contributed by atoms with Crippen molar-refractivity contribution in [1.82, 2.24) is 20.2 Å². The molecule has 1 aromatic heterocycles. The second-order valence-corrected chi connectivity index (χ2v) is 6.20. The van der Waals surface area contributed by atoms with Crippen LogP contribution < -0.4 is 10.1 Å². The Kier molecular flexibility index (Phi) is 5.37. The molecule has 0 unspecified atom stereocenters. The van der Waals surface area contributed by atoms with E-state index >= 15 is 0 Å². The third-order valence-corrected chi connectivity index (χ3v) is 4.42. The highest BCUT2D eigenvalue weighted by atomic mass is 35.5. The second-order valence-electron chi connectivity index (χ2n) is 5.80. The van der Waals surface area contributed by atoms with Crippen LogP contribution in [0.25, 0.3) is 0 Å².